The topological polar surface area (TPSA) is 40.6 Å². The minimum atomic E-state index is -3.22. The van der Waals surface area contributed by atoms with Crippen molar-refractivity contribution >= 4 is 21.8 Å². The van der Waals surface area contributed by atoms with Gasteiger partial charge in [-0.25, -0.2) is 12.7 Å². The van der Waals surface area contributed by atoms with Gasteiger partial charge in [0.1, 0.15) is 0 Å². The molecule has 6 heteroatoms. The summed E-state index contributed by atoms with van der Waals surface area (Å²) < 4.78 is 28.5. The molecule has 0 unspecified atom stereocenters. The zero-order valence-corrected chi connectivity index (χ0v) is 35.7. The Kier molecular flexibility index (Phi) is 39.2. The van der Waals surface area contributed by atoms with Crippen molar-refractivity contribution in [2.24, 2.45) is 0 Å². The van der Waals surface area contributed by atoms with Crippen molar-refractivity contribution in [1.82, 2.24) is 9.21 Å². The van der Waals surface area contributed by atoms with Crippen LogP contribution < -0.4 is 0 Å². The maximum absolute atomic E-state index is 13.3. The van der Waals surface area contributed by atoms with Crippen LogP contribution in [0.1, 0.15) is 194 Å². The fourth-order valence-electron chi connectivity index (χ4n) is 6.28. The van der Waals surface area contributed by atoms with Crippen LogP contribution in [0.25, 0.3) is 0 Å². The molecule has 0 aromatic heterocycles. The van der Waals surface area contributed by atoms with Gasteiger partial charge in [0.15, 0.2) is 0 Å². The van der Waals surface area contributed by atoms with E-state index in [1.54, 1.807) is 0 Å². The van der Waals surface area contributed by atoms with Crippen LogP contribution in [-0.2, 0) is 10.0 Å². The molecular weight excluding hydrogens is 653 g/mol. The van der Waals surface area contributed by atoms with Crippen molar-refractivity contribution in [2.75, 3.05) is 50.5 Å². The maximum Gasteiger partial charge on any atom is 0.215 e. The normalized spacial score (nSPS) is 12.7. The minimum Gasteiger partial charge on any atom is -0.305 e. The van der Waals surface area contributed by atoms with Crippen molar-refractivity contribution in [1.29, 1.82) is 0 Å². The average molecular weight is 739 g/mol. The zero-order chi connectivity index (χ0) is 36.6. The van der Waals surface area contributed by atoms with Crippen LogP contribution in [-0.4, -0.2) is 68.1 Å². The van der Waals surface area contributed by atoms with Crippen LogP contribution in [0.5, 0.6) is 0 Å². The Morgan fingerprint density at radius 3 is 1.42 bits per heavy atom. The summed E-state index contributed by atoms with van der Waals surface area (Å²) in [6.07, 6.45) is 48.4. The van der Waals surface area contributed by atoms with E-state index in [1.165, 1.54) is 148 Å². The first kappa shape index (κ1) is 49.4. The number of thioether (sulfide) groups is 1. The van der Waals surface area contributed by atoms with Crippen LogP contribution in [0.4, 0.5) is 0 Å². The minimum absolute atomic E-state index is 0.241. The molecule has 0 N–H and O–H groups in total. The Morgan fingerprint density at radius 1 is 0.440 bits per heavy atom. The van der Waals surface area contributed by atoms with Gasteiger partial charge in [-0.15, -0.1) is 0 Å². The molecule has 0 aliphatic carbocycles. The van der Waals surface area contributed by atoms with Gasteiger partial charge in [0.05, 0.1) is 5.75 Å². The highest BCUT2D eigenvalue weighted by Crippen LogP contribution is 2.15. The van der Waals surface area contributed by atoms with Gasteiger partial charge in [-0.3, -0.25) is 0 Å². The smallest absolute Gasteiger partial charge is 0.215 e. The third-order valence-electron chi connectivity index (χ3n) is 9.62. The number of sulfonamides is 1. The Hall–Kier alpha value is -0.560. The Labute approximate surface area is 319 Å². The average Bonchev–Trinajstić information content (AvgIpc) is 3.10. The molecule has 0 saturated carbocycles. The molecule has 0 aromatic carbocycles. The van der Waals surface area contributed by atoms with Crippen molar-refractivity contribution in [2.45, 2.75) is 194 Å². The lowest BCUT2D eigenvalue weighted by molar-refractivity contribution is 0.347. The summed E-state index contributed by atoms with van der Waals surface area (Å²) in [6.45, 7) is 9.61. The highest BCUT2D eigenvalue weighted by Gasteiger charge is 2.21. The van der Waals surface area contributed by atoms with Crippen LogP contribution in [0, 0.1) is 0 Å². The number of hydrogen-bond donors (Lipinski definition) is 0. The predicted molar refractivity (Wildman–Crippen MR) is 229 cm³/mol. The summed E-state index contributed by atoms with van der Waals surface area (Å²) >= 11 is 1.95. The molecule has 0 atom stereocenters. The van der Waals surface area contributed by atoms with Crippen LogP contribution in [0.3, 0.4) is 0 Å². The summed E-state index contributed by atoms with van der Waals surface area (Å²) in [4.78, 5) is 2.15. The summed E-state index contributed by atoms with van der Waals surface area (Å²) in [6, 6.07) is 0. The van der Waals surface area contributed by atoms with Gasteiger partial charge in [0, 0.05) is 25.4 Å². The molecule has 0 radical (unpaired) electrons. The summed E-state index contributed by atoms with van der Waals surface area (Å²) in [5.41, 5.74) is 0. The van der Waals surface area contributed by atoms with Gasteiger partial charge in [0.25, 0.3) is 0 Å². The van der Waals surface area contributed by atoms with Crippen LogP contribution >= 0.6 is 11.8 Å². The third kappa shape index (κ3) is 35.8. The number of unbranched alkanes of at least 4 members (excludes halogenated alkanes) is 21. The second kappa shape index (κ2) is 39.6. The summed E-state index contributed by atoms with van der Waals surface area (Å²) in [5.74, 6) is 2.31. The number of allylic oxidation sites excluding steroid dienone is 6. The molecule has 0 rings (SSSR count). The monoisotopic (exact) mass is 739 g/mol. The van der Waals surface area contributed by atoms with Crippen molar-refractivity contribution in [3.63, 3.8) is 0 Å². The van der Waals surface area contributed by atoms with E-state index in [2.05, 4.69) is 62.1 Å². The molecule has 0 bridgehead atoms. The van der Waals surface area contributed by atoms with E-state index in [1.807, 2.05) is 23.1 Å². The van der Waals surface area contributed by atoms with Gasteiger partial charge < -0.3 is 4.90 Å². The lowest BCUT2D eigenvalue weighted by Crippen LogP contribution is -2.39. The van der Waals surface area contributed by atoms with Crippen LogP contribution in [0.15, 0.2) is 36.5 Å². The number of hydrogen-bond acceptors (Lipinski definition) is 4. The van der Waals surface area contributed by atoms with Gasteiger partial charge in [-0.05, 0) is 96.4 Å². The van der Waals surface area contributed by atoms with Crippen molar-refractivity contribution in [3.05, 3.63) is 36.5 Å². The first-order valence-corrected chi connectivity index (χ1v) is 24.4. The molecule has 0 spiro atoms. The third-order valence-corrected chi connectivity index (χ3v) is 12.5. The lowest BCUT2D eigenvalue weighted by Gasteiger charge is -2.24. The largest absolute Gasteiger partial charge is 0.305 e. The number of nitrogens with zero attached hydrogens (tertiary/aromatic N) is 2. The molecule has 4 nitrogen and oxygen atoms in total. The van der Waals surface area contributed by atoms with E-state index in [0.29, 0.717) is 19.6 Å². The van der Waals surface area contributed by atoms with Gasteiger partial charge in [-0.2, -0.15) is 11.8 Å². The van der Waals surface area contributed by atoms with E-state index in [-0.39, 0.29) is 5.75 Å². The first-order valence-electron chi connectivity index (χ1n) is 21.7. The van der Waals surface area contributed by atoms with E-state index in [4.69, 9.17) is 0 Å². The molecule has 0 fully saturated rings. The molecular formula is C44H86N2O2S2. The first-order chi connectivity index (χ1) is 24.5. The highest BCUT2D eigenvalue weighted by atomic mass is 32.2. The molecule has 0 amide bonds. The van der Waals surface area contributed by atoms with Crippen molar-refractivity contribution in [3.8, 4) is 0 Å². The molecule has 50 heavy (non-hydrogen) atoms. The Morgan fingerprint density at radius 2 is 0.880 bits per heavy atom. The van der Waals surface area contributed by atoms with Crippen molar-refractivity contribution < 1.29 is 8.42 Å². The van der Waals surface area contributed by atoms with Gasteiger partial charge >= 0.3 is 0 Å². The molecule has 0 aliphatic heterocycles. The van der Waals surface area contributed by atoms with E-state index < -0.39 is 10.0 Å². The fourth-order valence-corrected chi connectivity index (χ4v) is 8.93. The van der Waals surface area contributed by atoms with E-state index in [0.717, 1.165) is 43.7 Å². The fraction of sp³-hybridized carbons (Fsp3) is 0.864. The number of rotatable bonds is 40. The second-order valence-corrected chi connectivity index (χ2v) is 18.0. The van der Waals surface area contributed by atoms with Gasteiger partial charge in [0.2, 0.25) is 10.0 Å². The quantitative estimate of drug-likeness (QED) is 0.0464. The van der Waals surface area contributed by atoms with Crippen LogP contribution in [0.2, 0.25) is 0 Å². The van der Waals surface area contributed by atoms with E-state index >= 15 is 0 Å². The molecule has 0 saturated heterocycles. The zero-order valence-electron chi connectivity index (χ0n) is 34.0. The molecule has 0 aromatic rings. The lowest BCUT2D eigenvalue weighted by atomic mass is 10.1. The molecule has 296 valence electrons. The van der Waals surface area contributed by atoms with Gasteiger partial charge in [-0.1, -0.05) is 154 Å². The Balaban J connectivity index is 4.10. The summed E-state index contributed by atoms with van der Waals surface area (Å²) in [5, 5.41) is 0. The maximum atomic E-state index is 13.3. The summed E-state index contributed by atoms with van der Waals surface area (Å²) in [7, 11) is -1.18. The SMILES string of the molecule is CCCCC/C=C\C/C=C\CCCCCCCCN(CCSCCCCCCCC/C=C\CCCCCCCC)S(=O)(=O)CCN(C)CCC. The molecule has 0 aliphatic rings. The Bertz CT molecular complexity index is 871. The predicted octanol–water partition coefficient (Wildman–Crippen LogP) is 13.5. The van der Waals surface area contributed by atoms with E-state index in [9.17, 15) is 8.42 Å². The standard InChI is InChI=1S/C44H86N2O2S2/c1-5-8-10-12-14-16-18-20-22-24-26-28-30-32-34-36-39-46(50(47,48)44-41-45(4)38-7-3)40-43-49-42-37-35-33-31-29-27-25-23-21-19-17-15-13-11-9-6-2/h14,16,20-23H,5-13,15,17-19,24-44H2,1-4H3/b16-14-,22-20-,23-21-. The second-order valence-electron chi connectivity index (χ2n) is 14.7. The molecule has 0 heterocycles. The highest BCUT2D eigenvalue weighted by molar-refractivity contribution is 7.99.